The summed E-state index contributed by atoms with van der Waals surface area (Å²) in [5.41, 5.74) is 0.998. The van der Waals surface area contributed by atoms with Crippen LogP contribution in [0.5, 0.6) is 0 Å². The zero-order valence-electron chi connectivity index (χ0n) is 16.9. The summed E-state index contributed by atoms with van der Waals surface area (Å²) in [6.45, 7) is 8.05. The van der Waals surface area contributed by atoms with Gasteiger partial charge in [-0.15, -0.1) is 24.0 Å². The van der Waals surface area contributed by atoms with Crippen LogP contribution in [0.4, 0.5) is 0 Å². The van der Waals surface area contributed by atoms with Crippen LogP contribution in [0, 0.1) is 11.8 Å². The Hall–Kier alpha value is -0.830. The predicted molar refractivity (Wildman–Crippen MR) is 124 cm³/mol. The largest absolute Gasteiger partial charge is 0.357 e. The highest BCUT2D eigenvalue weighted by Crippen LogP contribution is 2.29. The molecule has 0 bridgehead atoms. The minimum absolute atomic E-state index is 0. The van der Waals surface area contributed by atoms with E-state index < -0.39 is 9.84 Å². The van der Waals surface area contributed by atoms with Gasteiger partial charge >= 0.3 is 0 Å². The van der Waals surface area contributed by atoms with Crippen LogP contribution in [0.2, 0.25) is 0 Å². The Bertz CT molecular complexity index is 694. The molecule has 2 rings (SSSR count). The van der Waals surface area contributed by atoms with Crippen LogP contribution in [0.25, 0.3) is 0 Å². The van der Waals surface area contributed by atoms with Gasteiger partial charge in [-0.2, -0.15) is 0 Å². The fourth-order valence-electron chi connectivity index (χ4n) is 3.46. The first-order valence-electron chi connectivity index (χ1n) is 9.63. The Labute approximate surface area is 181 Å². The number of hydrogen-bond donors (Lipinski definition) is 2. The minimum atomic E-state index is -3.15. The van der Waals surface area contributed by atoms with Gasteiger partial charge < -0.3 is 10.6 Å². The van der Waals surface area contributed by atoms with Gasteiger partial charge in [0.2, 0.25) is 0 Å². The molecule has 7 heteroatoms. The molecule has 0 atom stereocenters. The van der Waals surface area contributed by atoms with Gasteiger partial charge in [0.25, 0.3) is 0 Å². The SMILES string of the molecule is CCNC(=NCc1ccc(S(C)(=O)=O)cc1)NC1CCC(C(C)C)CC1.I. The van der Waals surface area contributed by atoms with Gasteiger partial charge in [-0.1, -0.05) is 26.0 Å². The highest BCUT2D eigenvalue weighted by molar-refractivity contribution is 14.0. The lowest BCUT2D eigenvalue weighted by molar-refractivity contribution is 0.250. The topological polar surface area (TPSA) is 70.6 Å². The molecule has 0 saturated heterocycles. The van der Waals surface area contributed by atoms with E-state index >= 15 is 0 Å². The number of guanidine groups is 1. The van der Waals surface area contributed by atoms with Crippen LogP contribution >= 0.6 is 24.0 Å². The van der Waals surface area contributed by atoms with Crippen molar-refractivity contribution in [3.8, 4) is 0 Å². The third-order valence-electron chi connectivity index (χ3n) is 5.17. The molecule has 0 radical (unpaired) electrons. The number of aliphatic imine (C=N–C) groups is 1. The molecule has 2 N–H and O–H groups in total. The normalized spacial score (nSPS) is 20.9. The molecular weight excluding hydrogens is 473 g/mol. The van der Waals surface area contributed by atoms with Gasteiger partial charge in [-0.05, 0) is 62.1 Å². The van der Waals surface area contributed by atoms with E-state index in [9.17, 15) is 8.42 Å². The molecule has 1 aromatic carbocycles. The van der Waals surface area contributed by atoms with Crippen molar-refractivity contribution in [3.05, 3.63) is 29.8 Å². The van der Waals surface area contributed by atoms with E-state index in [1.807, 2.05) is 12.1 Å². The Morgan fingerprint density at radius 1 is 1.15 bits per heavy atom. The van der Waals surface area contributed by atoms with Crippen LogP contribution in [0.1, 0.15) is 52.0 Å². The van der Waals surface area contributed by atoms with Crippen LogP contribution in [0.3, 0.4) is 0 Å². The number of hydrogen-bond acceptors (Lipinski definition) is 3. The summed E-state index contributed by atoms with van der Waals surface area (Å²) in [6.07, 6.45) is 6.16. The standard InChI is InChI=1S/C20H33N3O2S.HI/c1-5-21-20(23-18-10-8-17(9-11-18)15(2)3)22-14-16-6-12-19(13-7-16)26(4,24)25;/h6-7,12-13,15,17-18H,5,8-11,14H2,1-4H3,(H2,21,22,23);1H. The first-order valence-corrected chi connectivity index (χ1v) is 11.5. The summed E-state index contributed by atoms with van der Waals surface area (Å²) >= 11 is 0. The Balaban J connectivity index is 0.00000364. The molecule has 154 valence electrons. The Kier molecular flexibility index (Phi) is 10.1. The average molecular weight is 507 g/mol. The summed E-state index contributed by atoms with van der Waals surface area (Å²) < 4.78 is 23.1. The van der Waals surface area contributed by atoms with Gasteiger partial charge in [-0.25, -0.2) is 13.4 Å². The summed E-state index contributed by atoms with van der Waals surface area (Å²) in [4.78, 5) is 5.01. The maximum absolute atomic E-state index is 11.5. The molecule has 27 heavy (non-hydrogen) atoms. The smallest absolute Gasteiger partial charge is 0.191 e. The first kappa shape index (κ1) is 24.2. The van der Waals surface area contributed by atoms with Crippen molar-refractivity contribution in [2.45, 2.75) is 63.9 Å². The van der Waals surface area contributed by atoms with Crippen molar-refractivity contribution in [2.24, 2.45) is 16.8 Å². The molecule has 1 aromatic rings. The van der Waals surface area contributed by atoms with Gasteiger partial charge in [0, 0.05) is 18.8 Å². The van der Waals surface area contributed by atoms with Crippen molar-refractivity contribution in [1.29, 1.82) is 0 Å². The van der Waals surface area contributed by atoms with Crippen molar-refractivity contribution >= 4 is 39.8 Å². The number of nitrogens with zero attached hydrogens (tertiary/aromatic N) is 1. The number of sulfone groups is 1. The molecule has 1 aliphatic carbocycles. The maximum atomic E-state index is 11.5. The van der Waals surface area contributed by atoms with Crippen LogP contribution in [-0.2, 0) is 16.4 Å². The second kappa shape index (κ2) is 11.2. The summed E-state index contributed by atoms with van der Waals surface area (Å²) in [6, 6.07) is 7.44. The van der Waals surface area contributed by atoms with E-state index in [1.165, 1.54) is 31.9 Å². The molecule has 0 spiro atoms. The monoisotopic (exact) mass is 507 g/mol. The fraction of sp³-hybridized carbons (Fsp3) is 0.650. The van der Waals surface area contributed by atoms with Crippen molar-refractivity contribution in [2.75, 3.05) is 12.8 Å². The molecule has 0 unspecified atom stereocenters. The van der Waals surface area contributed by atoms with Gasteiger partial charge in [0.1, 0.15) is 0 Å². The third kappa shape index (κ3) is 7.97. The van der Waals surface area contributed by atoms with Gasteiger partial charge in [-0.3, -0.25) is 0 Å². The molecule has 5 nitrogen and oxygen atoms in total. The first-order chi connectivity index (χ1) is 12.3. The summed E-state index contributed by atoms with van der Waals surface area (Å²) in [7, 11) is -3.15. The second-order valence-corrected chi connectivity index (χ2v) is 9.63. The van der Waals surface area contributed by atoms with E-state index in [1.54, 1.807) is 12.1 Å². The van der Waals surface area contributed by atoms with Gasteiger partial charge in [0.15, 0.2) is 15.8 Å². The molecular formula is C20H34IN3O2S. The highest BCUT2D eigenvalue weighted by atomic mass is 127. The predicted octanol–water partition coefficient (Wildman–Crippen LogP) is 3.98. The van der Waals surface area contributed by atoms with E-state index in [4.69, 9.17) is 0 Å². The average Bonchev–Trinajstić information content (AvgIpc) is 2.60. The molecule has 0 amide bonds. The highest BCUT2D eigenvalue weighted by Gasteiger charge is 2.23. The third-order valence-corrected chi connectivity index (χ3v) is 6.30. The van der Waals surface area contributed by atoms with Gasteiger partial charge in [0.05, 0.1) is 11.4 Å². The van der Waals surface area contributed by atoms with Crippen molar-refractivity contribution in [3.63, 3.8) is 0 Å². The fourth-order valence-corrected chi connectivity index (χ4v) is 4.09. The Morgan fingerprint density at radius 2 is 1.74 bits per heavy atom. The van der Waals surface area contributed by atoms with Crippen molar-refractivity contribution < 1.29 is 8.42 Å². The maximum Gasteiger partial charge on any atom is 0.191 e. The van der Waals surface area contributed by atoms with E-state index in [2.05, 4.69) is 36.4 Å². The van der Waals surface area contributed by atoms with Crippen molar-refractivity contribution in [1.82, 2.24) is 10.6 Å². The van der Waals surface area contributed by atoms with Crippen LogP contribution < -0.4 is 10.6 Å². The summed E-state index contributed by atoms with van der Waals surface area (Å²) in [5, 5.41) is 6.88. The zero-order chi connectivity index (χ0) is 19.2. The number of halogens is 1. The lowest BCUT2D eigenvalue weighted by Crippen LogP contribution is -2.45. The van der Waals surface area contributed by atoms with E-state index in [0.717, 1.165) is 29.9 Å². The molecule has 0 aliphatic heterocycles. The van der Waals surface area contributed by atoms with Crippen LogP contribution in [-0.4, -0.2) is 33.2 Å². The van der Waals surface area contributed by atoms with E-state index in [0.29, 0.717) is 17.5 Å². The van der Waals surface area contributed by atoms with E-state index in [-0.39, 0.29) is 24.0 Å². The number of benzene rings is 1. The second-order valence-electron chi connectivity index (χ2n) is 7.61. The summed E-state index contributed by atoms with van der Waals surface area (Å²) in [5.74, 6) is 2.46. The molecule has 1 aliphatic rings. The molecule has 1 saturated carbocycles. The number of nitrogens with one attached hydrogen (secondary N) is 2. The quantitative estimate of drug-likeness (QED) is 0.347. The minimum Gasteiger partial charge on any atom is -0.357 e. The Morgan fingerprint density at radius 3 is 2.22 bits per heavy atom. The lowest BCUT2D eigenvalue weighted by Gasteiger charge is -2.32. The molecule has 0 heterocycles. The lowest BCUT2D eigenvalue weighted by atomic mass is 9.80. The number of rotatable bonds is 6. The molecule has 0 aromatic heterocycles. The molecule has 1 fully saturated rings. The van der Waals surface area contributed by atoms with Crippen LogP contribution in [0.15, 0.2) is 34.2 Å². The zero-order valence-corrected chi connectivity index (χ0v) is 20.0.